The van der Waals surface area contributed by atoms with Crippen molar-refractivity contribution in [3.05, 3.63) is 29.8 Å². The van der Waals surface area contributed by atoms with E-state index >= 15 is 0 Å². The Hall–Kier alpha value is -2.08. The van der Waals surface area contributed by atoms with Crippen molar-refractivity contribution in [3.8, 4) is 0 Å². The van der Waals surface area contributed by atoms with E-state index in [2.05, 4.69) is 41.7 Å². The molecule has 0 radical (unpaired) electrons. The van der Waals surface area contributed by atoms with Gasteiger partial charge in [0.05, 0.1) is 6.10 Å². The number of aliphatic imine (C=N–C) groups is 1. The SMILES string of the molecule is CCCC(=O)Nc1ccc(CNC(=NC)NCC(OC)C(C)(C)C)cc1. The number of amides is 1. The van der Waals surface area contributed by atoms with E-state index in [0.29, 0.717) is 19.5 Å². The third-order valence-electron chi connectivity index (χ3n) is 4.10. The molecule has 3 N–H and O–H groups in total. The molecule has 26 heavy (non-hydrogen) atoms. The molecular formula is C20H34N4O2. The molecule has 1 unspecified atom stereocenters. The lowest BCUT2D eigenvalue weighted by Crippen LogP contribution is -2.45. The Kier molecular flexibility index (Phi) is 9.13. The van der Waals surface area contributed by atoms with Crippen molar-refractivity contribution in [1.82, 2.24) is 10.6 Å². The van der Waals surface area contributed by atoms with Gasteiger partial charge in [-0.05, 0) is 29.5 Å². The van der Waals surface area contributed by atoms with E-state index in [9.17, 15) is 4.79 Å². The first-order valence-corrected chi connectivity index (χ1v) is 9.16. The van der Waals surface area contributed by atoms with Crippen LogP contribution in [0.15, 0.2) is 29.3 Å². The second-order valence-electron chi connectivity index (χ2n) is 7.39. The van der Waals surface area contributed by atoms with E-state index in [-0.39, 0.29) is 17.4 Å². The fourth-order valence-electron chi connectivity index (χ4n) is 2.50. The van der Waals surface area contributed by atoms with E-state index in [4.69, 9.17) is 4.74 Å². The highest BCUT2D eigenvalue weighted by molar-refractivity contribution is 5.90. The van der Waals surface area contributed by atoms with Gasteiger partial charge >= 0.3 is 0 Å². The molecule has 0 aliphatic heterocycles. The summed E-state index contributed by atoms with van der Waals surface area (Å²) in [5, 5.41) is 9.49. The van der Waals surface area contributed by atoms with Crippen molar-refractivity contribution in [1.29, 1.82) is 0 Å². The predicted molar refractivity (Wildman–Crippen MR) is 108 cm³/mol. The van der Waals surface area contributed by atoms with Gasteiger partial charge in [0, 0.05) is 39.4 Å². The monoisotopic (exact) mass is 362 g/mol. The maximum atomic E-state index is 11.6. The minimum Gasteiger partial charge on any atom is -0.379 e. The Morgan fingerprint density at radius 3 is 2.35 bits per heavy atom. The minimum atomic E-state index is 0.0505. The molecule has 1 aromatic carbocycles. The molecule has 6 heteroatoms. The molecule has 1 rings (SSSR count). The number of hydrogen-bond donors (Lipinski definition) is 3. The summed E-state index contributed by atoms with van der Waals surface area (Å²) in [4.78, 5) is 15.9. The van der Waals surface area contributed by atoms with Crippen LogP contribution in [0, 0.1) is 5.41 Å². The first kappa shape index (κ1) is 22.0. The molecule has 0 heterocycles. The third kappa shape index (κ3) is 7.87. The van der Waals surface area contributed by atoms with Crippen LogP contribution < -0.4 is 16.0 Å². The number of nitrogens with one attached hydrogen (secondary N) is 3. The molecule has 1 amide bonds. The number of methoxy groups -OCH3 is 1. The average Bonchev–Trinajstić information content (AvgIpc) is 2.58. The quantitative estimate of drug-likeness (QED) is 0.490. The van der Waals surface area contributed by atoms with Crippen LogP contribution in [0.3, 0.4) is 0 Å². The van der Waals surface area contributed by atoms with E-state index in [0.717, 1.165) is 23.6 Å². The number of rotatable bonds is 8. The summed E-state index contributed by atoms with van der Waals surface area (Å²) < 4.78 is 5.55. The van der Waals surface area contributed by atoms with E-state index in [1.807, 2.05) is 31.2 Å². The van der Waals surface area contributed by atoms with Crippen LogP contribution >= 0.6 is 0 Å². The van der Waals surface area contributed by atoms with E-state index in [1.165, 1.54) is 0 Å². The highest BCUT2D eigenvalue weighted by Gasteiger charge is 2.24. The van der Waals surface area contributed by atoms with Gasteiger partial charge in [-0.1, -0.05) is 39.8 Å². The highest BCUT2D eigenvalue weighted by atomic mass is 16.5. The van der Waals surface area contributed by atoms with Gasteiger partial charge in [-0.25, -0.2) is 0 Å². The van der Waals surface area contributed by atoms with Gasteiger partial charge in [0.1, 0.15) is 0 Å². The standard InChI is InChI=1S/C20H34N4O2/c1-7-8-18(25)24-16-11-9-15(10-12-16)13-22-19(21-5)23-14-17(26-6)20(2,3)4/h9-12,17H,7-8,13-14H2,1-6H3,(H,24,25)(H2,21,22,23). The smallest absolute Gasteiger partial charge is 0.224 e. The van der Waals surface area contributed by atoms with Crippen molar-refractivity contribution in [2.45, 2.75) is 53.2 Å². The summed E-state index contributed by atoms with van der Waals surface area (Å²) in [6.45, 7) is 9.78. The fraction of sp³-hybridized carbons (Fsp3) is 0.600. The average molecular weight is 363 g/mol. The number of hydrogen-bond acceptors (Lipinski definition) is 3. The van der Waals surface area contributed by atoms with Gasteiger partial charge in [0.25, 0.3) is 0 Å². The van der Waals surface area contributed by atoms with Gasteiger partial charge in [0.15, 0.2) is 5.96 Å². The Morgan fingerprint density at radius 1 is 1.19 bits per heavy atom. The van der Waals surface area contributed by atoms with Gasteiger partial charge in [-0.3, -0.25) is 9.79 Å². The lowest BCUT2D eigenvalue weighted by atomic mass is 9.89. The van der Waals surface area contributed by atoms with Crippen LogP contribution in [-0.4, -0.2) is 38.7 Å². The minimum absolute atomic E-state index is 0.0505. The fourth-order valence-corrected chi connectivity index (χ4v) is 2.50. The zero-order valence-electron chi connectivity index (χ0n) is 17.0. The van der Waals surface area contributed by atoms with Crippen LogP contribution in [0.5, 0.6) is 0 Å². The predicted octanol–water partition coefficient (Wildman–Crippen LogP) is 3.15. The molecule has 0 saturated heterocycles. The molecule has 0 saturated carbocycles. The number of guanidine groups is 1. The van der Waals surface area contributed by atoms with Crippen molar-refractivity contribution in [3.63, 3.8) is 0 Å². The summed E-state index contributed by atoms with van der Waals surface area (Å²) >= 11 is 0. The summed E-state index contributed by atoms with van der Waals surface area (Å²) in [7, 11) is 3.48. The van der Waals surface area contributed by atoms with Gasteiger partial charge < -0.3 is 20.7 Å². The Labute approximate surface area is 157 Å². The second kappa shape index (κ2) is 10.8. The van der Waals surface area contributed by atoms with Crippen molar-refractivity contribution >= 4 is 17.6 Å². The molecule has 0 aromatic heterocycles. The van der Waals surface area contributed by atoms with Crippen molar-refractivity contribution < 1.29 is 9.53 Å². The van der Waals surface area contributed by atoms with Gasteiger partial charge in [-0.15, -0.1) is 0 Å². The number of benzene rings is 1. The number of anilines is 1. The van der Waals surface area contributed by atoms with Crippen LogP contribution in [0.4, 0.5) is 5.69 Å². The highest BCUT2D eigenvalue weighted by Crippen LogP contribution is 2.20. The number of ether oxygens (including phenoxy) is 1. The summed E-state index contributed by atoms with van der Waals surface area (Å²) in [5.41, 5.74) is 1.99. The molecule has 0 bridgehead atoms. The molecular weight excluding hydrogens is 328 g/mol. The topological polar surface area (TPSA) is 74.8 Å². The van der Waals surface area contributed by atoms with Crippen molar-refractivity contribution in [2.75, 3.05) is 26.0 Å². The number of carbonyl (C=O) groups is 1. The first-order chi connectivity index (χ1) is 12.3. The number of carbonyl (C=O) groups excluding carboxylic acids is 1. The maximum Gasteiger partial charge on any atom is 0.224 e. The Morgan fingerprint density at radius 2 is 1.85 bits per heavy atom. The van der Waals surface area contributed by atoms with Gasteiger partial charge in [0.2, 0.25) is 5.91 Å². The lowest BCUT2D eigenvalue weighted by molar-refractivity contribution is -0.116. The largest absolute Gasteiger partial charge is 0.379 e. The Balaban J connectivity index is 2.49. The van der Waals surface area contributed by atoms with E-state index in [1.54, 1.807) is 14.2 Å². The van der Waals surface area contributed by atoms with Crippen LogP contribution in [0.25, 0.3) is 0 Å². The molecule has 146 valence electrons. The molecule has 1 atom stereocenters. The van der Waals surface area contributed by atoms with Crippen molar-refractivity contribution in [2.24, 2.45) is 10.4 Å². The summed E-state index contributed by atoms with van der Waals surface area (Å²) in [6, 6.07) is 7.83. The number of nitrogens with zero attached hydrogens (tertiary/aromatic N) is 1. The van der Waals surface area contributed by atoms with Gasteiger partial charge in [-0.2, -0.15) is 0 Å². The molecule has 0 aliphatic rings. The van der Waals surface area contributed by atoms with Crippen LogP contribution in [0.1, 0.15) is 46.1 Å². The molecule has 6 nitrogen and oxygen atoms in total. The molecule has 0 aliphatic carbocycles. The zero-order chi connectivity index (χ0) is 19.6. The molecule has 1 aromatic rings. The second-order valence-corrected chi connectivity index (χ2v) is 7.39. The van der Waals surface area contributed by atoms with Crippen LogP contribution in [-0.2, 0) is 16.1 Å². The summed E-state index contributed by atoms with van der Waals surface area (Å²) in [6.07, 6.45) is 1.48. The molecule has 0 spiro atoms. The normalized spacial score (nSPS) is 13.2. The Bertz CT molecular complexity index is 576. The van der Waals surface area contributed by atoms with Crippen LogP contribution in [0.2, 0.25) is 0 Å². The van der Waals surface area contributed by atoms with E-state index < -0.39 is 0 Å². The zero-order valence-corrected chi connectivity index (χ0v) is 17.0. The first-order valence-electron chi connectivity index (χ1n) is 9.16. The lowest BCUT2D eigenvalue weighted by Gasteiger charge is -2.30. The maximum absolute atomic E-state index is 11.6. The molecule has 0 fully saturated rings. The third-order valence-corrected chi connectivity index (χ3v) is 4.10. The summed E-state index contributed by atoms with van der Waals surface area (Å²) in [5.74, 6) is 0.783.